The largest absolute Gasteiger partial charge is 0.313 e. The summed E-state index contributed by atoms with van der Waals surface area (Å²) >= 11 is 0. The second-order valence-corrected chi connectivity index (χ2v) is 6.93. The van der Waals surface area contributed by atoms with E-state index in [4.69, 9.17) is 0 Å². The lowest BCUT2D eigenvalue weighted by molar-refractivity contribution is -0.0404. The normalized spacial score (nSPS) is 50.5. The third-order valence-electron chi connectivity index (χ3n) is 6.04. The van der Waals surface area contributed by atoms with E-state index in [0.29, 0.717) is 0 Å². The van der Waals surface area contributed by atoms with Crippen LogP contribution in [0.25, 0.3) is 0 Å². The summed E-state index contributed by atoms with van der Waals surface area (Å²) in [5, 5.41) is 3.85. The average Bonchev–Trinajstić information content (AvgIpc) is 2.39. The van der Waals surface area contributed by atoms with Crippen LogP contribution in [0.2, 0.25) is 0 Å². The SMILES string of the molecule is C1CN[C@H]2[C@@H]3C[C@H](C[C@@H]2C1)[C@H]1CCCCN1C3. The van der Waals surface area contributed by atoms with Gasteiger partial charge < -0.3 is 5.32 Å². The van der Waals surface area contributed by atoms with Gasteiger partial charge >= 0.3 is 0 Å². The maximum Gasteiger partial charge on any atom is 0.0136 e. The molecule has 0 aromatic rings. The van der Waals surface area contributed by atoms with E-state index in [1.54, 1.807) is 0 Å². The Morgan fingerprint density at radius 3 is 2.82 bits per heavy atom. The van der Waals surface area contributed by atoms with Crippen molar-refractivity contribution in [1.29, 1.82) is 0 Å². The molecule has 0 radical (unpaired) electrons. The number of hydrogen-bond donors (Lipinski definition) is 1. The Bertz CT molecular complexity index is 263. The first-order chi connectivity index (χ1) is 8.42. The van der Waals surface area contributed by atoms with Crippen molar-refractivity contribution in [2.75, 3.05) is 19.6 Å². The third kappa shape index (κ3) is 1.76. The van der Waals surface area contributed by atoms with Gasteiger partial charge in [-0.3, -0.25) is 4.90 Å². The van der Waals surface area contributed by atoms with E-state index in [9.17, 15) is 0 Å². The molecule has 0 aromatic carbocycles. The van der Waals surface area contributed by atoms with Crippen LogP contribution in [0.1, 0.15) is 44.9 Å². The summed E-state index contributed by atoms with van der Waals surface area (Å²) in [4.78, 5) is 2.86. The number of rotatable bonds is 0. The summed E-state index contributed by atoms with van der Waals surface area (Å²) in [6.45, 7) is 4.09. The predicted molar refractivity (Wildman–Crippen MR) is 69.9 cm³/mol. The first kappa shape index (κ1) is 10.8. The summed E-state index contributed by atoms with van der Waals surface area (Å²) < 4.78 is 0. The summed E-state index contributed by atoms with van der Waals surface area (Å²) in [5.41, 5.74) is 0. The highest BCUT2D eigenvalue weighted by molar-refractivity contribution is 5.02. The number of nitrogens with zero attached hydrogens (tertiary/aromatic N) is 1. The van der Waals surface area contributed by atoms with Gasteiger partial charge in [0.25, 0.3) is 0 Å². The molecule has 96 valence electrons. The van der Waals surface area contributed by atoms with E-state index in [1.807, 2.05) is 0 Å². The first-order valence-electron chi connectivity index (χ1n) is 7.89. The predicted octanol–water partition coefficient (Wildman–Crippen LogP) is 2.25. The van der Waals surface area contributed by atoms with Crippen LogP contribution < -0.4 is 5.32 Å². The van der Waals surface area contributed by atoms with Gasteiger partial charge in [-0.15, -0.1) is 0 Å². The van der Waals surface area contributed by atoms with Crippen LogP contribution in [0.15, 0.2) is 0 Å². The van der Waals surface area contributed by atoms with Crippen molar-refractivity contribution in [1.82, 2.24) is 10.2 Å². The van der Waals surface area contributed by atoms with Crippen molar-refractivity contribution >= 4 is 0 Å². The average molecular weight is 234 g/mol. The van der Waals surface area contributed by atoms with Crippen LogP contribution in [0.4, 0.5) is 0 Å². The first-order valence-corrected chi connectivity index (χ1v) is 7.89. The van der Waals surface area contributed by atoms with E-state index in [0.717, 1.165) is 29.8 Å². The van der Waals surface area contributed by atoms with Crippen LogP contribution in [0.3, 0.4) is 0 Å². The minimum Gasteiger partial charge on any atom is -0.313 e. The lowest BCUT2D eigenvalue weighted by Gasteiger charge is -2.56. The van der Waals surface area contributed by atoms with Crippen molar-refractivity contribution in [2.24, 2.45) is 17.8 Å². The Hall–Kier alpha value is -0.0800. The van der Waals surface area contributed by atoms with E-state index in [1.165, 1.54) is 64.6 Å². The van der Waals surface area contributed by atoms with Crippen LogP contribution in [-0.2, 0) is 0 Å². The molecule has 3 aliphatic heterocycles. The van der Waals surface area contributed by atoms with Gasteiger partial charge in [-0.1, -0.05) is 6.42 Å². The smallest absolute Gasteiger partial charge is 0.0136 e. The molecular formula is C15H26N2. The number of nitrogens with one attached hydrogen (secondary N) is 1. The Morgan fingerprint density at radius 1 is 0.882 bits per heavy atom. The van der Waals surface area contributed by atoms with Crippen LogP contribution in [-0.4, -0.2) is 36.6 Å². The molecule has 5 atom stereocenters. The molecule has 4 fully saturated rings. The van der Waals surface area contributed by atoms with Crippen molar-refractivity contribution in [3.05, 3.63) is 0 Å². The van der Waals surface area contributed by atoms with Gasteiger partial charge in [0.2, 0.25) is 0 Å². The molecule has 17 heavy (non-hydrogen) atoms. The maximum absolute atomic E-state index is 3.85. The highest BCUT2D eigenvalue weighted by Gasteiger charge is 2.47. The van der Waals surface area contributed by atoms with Crippen molar-refractivity contribution in [3.63, 3.8) is 0 Å². The van der Waals surface area contributed by atoms with Gasteiger partial charge in [-0.25, -0.2) is 0 Å². The molecule has 4 rings (SSSR count). The highest BCUT2D eigenvalue weighted by atomic mass is 15.2. The number of fused-ring (bicyclic) bond motifs is 6. The zero-order chi connectivity index (χ0) is 11.2. The fourth-order valence-corrected chi connectivity index (χ4v) is 5.40. The van der Waals surface area contributed by atoms with Gasteiger partial charge in [-0.2, -0.15) is 0 Å². The lowest BCUT2D eigenvalue weighted by Crippen LogP contribution is -2.61. The molecule has 4 aliphatic rings. The third-order valence-corrected chi connectivity index (χ3v) is 6.04. The summed E-state index contributed by atoms with van der Waals surface area (Å²) in [5.74, 6) is 3.06. The summed E-state index contributed by atoms with van der Waals surface area (Å²) in [6, 6.07) is 1.85. The Labute approximate surface area is 105 Å². The minimum atomic E-state index is 0.878. The van der Waals surface area contributed by atoms with Crippen molar-refractivity contribution < 1.29 is 0 Å². The Morgan fingerprint density at radius 2 is 1.82 bits per heavy atom. The van der Waals surface area contributed by atoms with Crippen LogP contribution in [0, 0.1) is 17.8 Å². The molecule has 1 N–H and O–H groups in total. The van der Waals surface area contributed by atoms with Gasteiger partial charge in [0.05, 0.1) is 0 Å². The monoisotopic (exact) mass is 234 g/mol. The molecule has 3 heterocycles. The summed E-state index contributed by atoms with van der Waals surface area (Å²) in [6.07, 6.45) is 10.5. The summed E-state index contributed by atoms with van der Waals surface area (Å²) in [7, 11) is 0. The van der Waals surface area contributed by atoms with Crippen LogP contribution >= 0.6 is 0 Å². The van der Waals surface area contributed by atoms with Crippen molar-refractivity contribution in [3.8, 4) is 0 Å². The molecule has 0 spiro atoms. The van der Waals surface area contributed by atoms with Gasteiger partial charge in [0.15, 0.2) is 0 Å². The van der Waals surface area contributed by atoms with Crippen molar-refractivity contribution in [2.45, 2.75) is 57.0 Å². The van der Waals surface area contributed by atoms with Crippen LogP contribution in [0.5, 0.6) is 0 Å². The number of piperidine rings is 3. The molecular weight excluding hydrogens is 208 g/mol. The Balaban J connectivity index is 1.56. The molecule has 2 bridgehead atoms. The lowest BCUT2D eigenvalue weighted by atomic mass is 9.63. The standard InChI is InChI=1S/C15H26N2/c1-2-7-17-10-13-9-12(14(17)5-1)8-11-4-3-6-16-15(11)13/h11-16H,1-10H2/t11-,12-,13+,14+,15+/m0/s1. The second kappa shape index (κ2) is 4.24. The molecule has 2 nitrogen and oxygen atoms in total. The fraction of sp³-hybridized carbons (Fsp3) is 1.00. The zero-order valence-corrected chi connectivity index (χ0v) is 10.9. The molecule has 2 heteroatoms. The topological polar surface area (TPSA) is 15.3 Å². The van der Waals surface area contributed by atoms with E-state index in [2.05, 4.69) is 10.2 Å². The molecule has 1 saturated carbocycles. The van der Waals surface area contributed by atoms with E-state index >= 15 is 0 Å². The minimum absolute atomic E-state index is 0.878. The van der Waals surface area contributed by atoms with Gasteiger partial charge in [0, 0.05) is 18.6 Å². The van der Waals surface area contributed by atoms with Gasteiger partial charge in [0.1, 0.15) is 0 Å². The molecule has 1 aliphatic carbocycles. The molecule has 0 amide bonds. The number of hydrogen-bond acceptors (Lipinski definition) is 2. The Kier molecular flexibility index (Phi) is 2.69. The highest BCUT2D eigenvalue weighted by Crippen LogP contribution is 2.46. The maximum atomic E-state index is 3.85. The van der Waals surface area contributed by atoms with E-state index < -0.39 is 0 Å². The second-order valence-electron chi connectivity index (χ2n) is 6.93. The quantitative estimate of drug-likeness (QED) is 0.691. The van der Waals surface area contributed by atoms with E-state index in [-0.39, 0.29) is 0 Å². The molecule has 0 unspecified atom stereocenters. The zero-order valence-electron chi connectivity index (χ0n) is 10.9. The molecule has 0 aromatic heterocycles. The van der Waals surface area contributed by atoms with Gasteiger partial charge in [-0.05, 0) is 69.4 Å². The molecule has 3 saturated heterocycles. The fourth-order valence-electron chi connectivity index (χ4n) is 5.40.